The number of fused-ring (bicyclic) bond motifs is 1. The molecule has 1 aromatic heterocycles. The molecular formula is C18H24F3N3O5S. The molecule has 4 heterocycles. The lowest BCUT2D eigenvalue weighted by Crippen LogP contribution is -2.38. The van der Waals surface area contributed by atoms with Crippen LogP contribution >= 0.6 is 11.3 Å². The predicted molar refractivity (Wildman–Crippen MR) is 99.3 cm³/mol. The quantitative estimate of drug-likeness (QED) is 0.749. The van der Waals surface area contributed by atoms with Crippen molar-refractivity contribution in [3.63, 3.8) is 0 Å². The monoisotopic (exact) mass is 451 g/mol. The molecule has 3 saturated heterocycles. The molecule has 3 aliphatic heterocycles. The minimum atomic E-state index is -5.08. The van der Waals surface area contributed by atoms with E-state index in [4.69, 9.17) is 19.5 Å². The molecule has 0 spiro atoms. The van der Waals surface area contributed by atoms with E-state index in [0.717, 1.165) is 39.2 Å². The van der Waals surface area contributed by atoms with E-state index in [1.807, 2.05) is 11.6 Å². The number of likely N-dealkylation sites (tertiary alicyclic amines) is 1. The summed E-state index contributed by atoms with van der Waals surface area (Å²) in [6, 6.07) is 0. The van der Waals surface area contributed by atoms with Gasteiger partial charge in [0.25, 0.3) is 0 Å². The number of thiazole rings is 1. The zero-order valence-electron chi connectivity index (χ0n) is 16.2. The smallest absolute Gasteiger partial charge is 0.475 e. The van der Waals surface area contributed by atoms with E-state index < -0.39 is 12.1 Å². The van der Waals surface area contributed by atoms with Crippen LogP contribution in [0.15, 0.2) is 11.6 Å². The number of alkyl halides is 3. The number of carboxylic acids is 1. The van der Waals surface area contributed by atoms with Gasteiger partial charge in [-0.1, -0.05) is 0 Å². The number of hydrogen-bond donors (Lipinski definition) is 1. The third kappa shape index (κ3) is 6.13. The molecule has 1 N–H and O–H groups in total. The first-order chi connectivity index (χ1) is 14.2. The molecular weight excluding hydrogens is 427 g/mol. The van der Waals surface area contributed by atoms with Gasteiger partial charge in [-0.2, -0.15) is 13.2 Å². The van der Waals surface area contributed by atoms with Crippen molar-refractivity contribution < 1.29 is 37.4 Å². The first kappa shape index (κ1) is 22.9. The van der Waals surface area contributed by atoms with Crippen LogP contribution in [0.3, 0.4) is 0 Å². The highest BCUT2D eigenvalue weighted by molar-refractivity contribution is 7.09. The minimum absolute atomic E-state index is 0.120. The number of hydrogen-bond acceptors (Lipinski definition) is 7. The molecule has 30 heavy (non-hydrogen) atoms. The maximum atomic E-state index is 12.4. The number of hydroxylamine groups is 2. The van der Waals surface area contributed by atoms with Gasteiger partial charge >= 0.3 is 12.1 Å². The van der Waals surface area contributed by atoms with Gasteiger partial charge in [0.2, 0.25) is 5.91 Å². The number of carbonyl (C=O) groups excluding carboxylic acids is 1. The average Bonchev–Trinajstić information content (AvgIpc) is 3.43. The fraction of sp³-hybridized carbons (Fsp3) is 0.722. The fourth-order valence-electron chi connectivity index (χ4n) is 4.03. The summed E-state index contributed by atoms with van der Waals surface area (Å²) in [5, 5.41) is 11.9. The van der Waals surface area contributed by atoms with Gasteiger partial charge in [-0.15, -0.1) is 11.3 Å². The van der Waals surface area contributed by atoms with Gasteiger partial charge in [-0.25, -0.2) is 14.8 Å². The van der Waals surface area contributed by atoms with Gasteiger partial charge in [0.1, 0.15) is 5.01 Å². The Morgan fingerprint density at radius 3 is 2.67 bits per heavy atom. The topological polar surface area (TPSA) is 92.2 Å². The Labute approximate surface area is 175 Å². The van der Waals surface area contributed by atoms with E-state index in [2.05, 4.69) is 9.88 Å². The van der Waals surface area contributed by atoms with Crippen LogP contribution in [0, 0.1) is 17.8 Å². The molecule has 0 aliphatic carbocycles. The zero-order chi connectivity index (χ0) is 21.7. The van der Waals surface area contributed by atoms with Gasteiger partial charge in [0, 0.05) is 31.1 Å². The summed E-state index contributed by atoms with van der Waals surface area (Å²) in [7, 11) is 0. The number of ether oxygens (including phenoxy) is 1. The largest absolute Gasteiger partial charge is 0.490 e. The molecule has 12 heteroatoms. The molecule has 168 valence electrons. The molecule has 0 aromatic carbocycles. The minimum Gasteiger partial charge on any atom is -0.475 e. The summed E-state index contributed by atoms with van der Waals surface area (Å²) in [6.45, 7) is 5.94. The van der Waals surface area contributed by atoms with Crippen LogP contribution in [0.1, 0.15) is 17.8 Å². The van der Waals surface area contributed by atoms with Crippen LogP contribution in [0.4, 0.5) is 13.2 Å². The molecule has 4 rings (SSSR count). The Bertz CT molecular complexity index is 712. The standard InChI is InChI=1S/C16H23N3O3S.C2HF3O2/c20-16(19-3-1-4-22-19)6-12-10-21-11-13-7-18(8-14(12)13)9-15-17-2-5-23-15;3-2(4,5)1(6)7/h2,5,12-14H,1,3-4,6-11H2;(H,6,7)/t12-,13-,14+;/m1./s1. The average molecular weight is 451 g/mol. The van der Waals surface area contributed by atoms with E-state index in [1.165, 1.54) is 5.01 Å². The normalized spacial score (nSPS) is 26.8. The van der Waals surface area contributed by atoms with Crippen molar-refractivity contribution in [3.8, 4) is 0 Å². The van der Waals surface area contributed by atoms with Gasteiger partial charge in [-0.3, -0.25) is 14.5 Å². The number of carboxylic acid groups (broad SMARTS) is 1. The molecule has 3 atom stereocenters. The molecule has 1 amide bonds. The van der Waals surface area contributed by atoms with E-state index >= 15 is 0 Å². The number of halogens is 3. The van der Waals surface area contributed by atoms with E-state index in [0.29, 0.717) is 37.4 Å². The van der Waals surface area contributed by atoms with Crippen molar-refractivity contribution in [3.05, 3.63) is 16.6 Å². The summed E-state index contributed by atoms with van der Waals surface area (Å²) >= 11 is 1.71. The molecule has 3 fully saturated rings. The maximum absolute atomic E-state index is 12.4. The number of nitrogens with zero attached hydrogens (tertiary/aromatic N) is 3. The van der Waals surface area contributed by atoms with Crippen LogP contribution in [0.2, 0.25) is 0 Å². The van der Waals surface area contributed by atoms with Gasteiger partial charge in [0.05, 0.1) is 32.9 Å². The third-order valence-corrected chi connectivity index (χ3v) is 6.15. The summed E-state index contributed by atoms with van der Waals surface area (Å²) in [4.78, 5) is 33.5. The number of rotatable bonds is 4. The Hall–Kier alpha value is -1.76. The van der Waals surface area contributed by atoms with Gasteiger partial charge < -0.3 is 9.84 Å². The van der Waals surface area contributed by atoms with Gasteiger partial charge in [-0.05, 0) is 24.2 Å². The third-order valence-electron chi connectivity index (χ3n) is 5.39. The van der Waals surface area contributed by atoms with Crippen molar-refractivity contribution in [1.29, 1.82) is 0 Å². The fourth-order valence-corrected chi connectivity index (χ4v) is 4.68. The van der Waals surface area contributed by atoms with Crippen molar-refractivity contribution >= 4 is 23.2 Å². The number of aliphatic carboxylic acids is 1. The molecule has 0 unspecified atom stereocenters. The van der Waals surface area contributed by atoms with E-state index in [1.54, 1.807) is 16.4 Å². The Kier molecular flexibility index (Phi) is 7.66. The molecule has 3 aliphatic rings. The summed E-state index contributed by atoms with van der Waals surface area (Å²) < 4.78 is 37.5. The highest BCUT2D eigenvalue weighted by atomic mass is 32.1. The van der Waals surface area contributed by atoms with Crippen LogP contribution in [-0.4, -0.2) is 77.6 Å². The summed E-state index contributed by atoms with van der Waals surface area (Å²) in [5.41, 5.74) is 0. The number of carbonyl (C=O) groups is 2. The number of aromatic nitrogens is 1. The molecule has 8 nitrogen and oxygen atoms in total. The second kappa shape index (κ2) is 10.0. The van der Waals surface area contributed by atoms with Crippen LogP contribution in [-0.2, 0) is 25.7 Å². The van der Waals surface area contributed by atoms with Crippen LogP contribution in [0.5, 0.6) is 0 Å². The first-order valence-corrected chi connectivity index (χ1v) is 10.5. The van der Waals surface area contributed by atoms with Crippen molar-refractivity contribution in [2.45, 2.75) is 25.6 Å². The molecule has 0 bridgehead atoms. The summed E-state index contributed by atoms with van der Waals surface area (Å²) in [6.07, 6.45) is -1.73. The second-order valence-corrected chi connectivity index (χ2v) is 8.51. The van der Waals surface area contributed by atoms with Crippen LogP contribution in [0.25, 0.3) is 0 Å². The van der Waals surface area contributed by atoms with Crippen molar-refractivity contribution in [1.82, 2.24) is 14.9 Å². The SMILES string of the molecule is O=C(C[C@@H]1COC[C@H]2CN(Cc3nccs3)C[C@@H]12)N1CCCO1.O=C(O)C(F)(F)F. The lowest BCUT2D eigenvalue weighted by Gasteiger charge is -2.33. The molecule has 0 saturated carbocycles. The van der Waals surface area contributed by atoms with Crippen molar-refractivity contribution in [2.75, 3.05) is 39.5 Å². The second-order valence-electron chi connectivity index (χ2n) is 7.53. The maximum Gasteiger partial charge on any atom is 0.490 e. The molecule has 0 radical (unpaired) electrons. The van der Waals surface area contributed by atoms with Crippen LogP contribution < -0.4 is 0 Å². The highest BCUT2D eigenvalue weighted by Crippen LogP contribution is 2.36. The van der Waals surface area contributed by atoms with Crippen molar-refractivity contribution in [2.24, 2.45) is 17.8 Å². The lowest BCUT2D eigenvalue weighted by atomic mass is 9.81. The highest BCUT2D eigenvalue weighted by Gasteiger charge is 2.42. The van der Waals surface area contributed by atoms with Gasteiger partial charge in [0.15, 0.2) is 0 Å². The summed E-state index contributed by atoms with van der Waals surface area (Å²) in [5.74, 6) is -1.23. The predicted octanol–water partition coefficient (Wildman–Crippen LogP) is 2.02. The van der Waals surface area contributed by atoms with E-state index in [9.17, 15) is 18.0 Å². The number of amides is 1. The first-order valence-electron chi connectivity index (χ1n) is 9.66. The molecule has 1 aromatic rings. The zero-order valence-corrected chi connectivity index (χ0v) is 17.0. The Balaban J connectivity index is 0.000000318. The van der Waals surface area contributed by atoms with E-state index in [-0.39, 0.29) is 5.91 Å². The lowest BCUT2D eigenvalue weighted by molar-refractivity contribution is -0.192. The Morgan fingerprint density at radius 2 is 2.07 bits per heavy atom. The Morgan fingerprint density at radius 1 is 1.30 bits per heavy atom.